The summed E-state index contributed by atoms with van der Waals surface area (Å²) in [5, 5.41) is 4.66. The lowest BCUT2D eigenvalue weighted by atomic mass is 9.84. The van der Waals surface area contributed by atoms with Crippen LogP contribution in [0, 0.1) is 11.8 Å². The standard InChI is InChI=1S/C26H31ClN4O2/c1-17(25(32)28-16-18-4-7-22(8-5-18)30(2)3)19-10-12-31(13-11-19)26(33)24-15-20-14-21(27)6-9-23(20)29-24/h4-9,14-15,17,19,29H,10-13,16H2,1-3H3,(H,28,32)/t17-/m0/s1. The molecule has 4 rings (SSSR count). The second-order valence-electron chi connectivity index (χ2n) is 9.11. The van der Waals surface area contributed by atoms with E-state index < -0.39 is 0 Å². The van der Waals surface area contributed by atoms with Gasteiger partial charge < -0.3 is 20.1 Å². The van der Waals surface area contributed by atoms with Crippen molar-refractivity contribution in [3.8, 4) is 0 Å². The van der Waals surface area contributed by atoms with Crippen molar-refractivity contribution in [1.82, 2.24) is 15.2 Å². The Hall–Kier alpha value is -2.99. The molecule has 1 aromatic heterocycles. The minimum Gasteiger partial charge on any atom is -0.378 e. The maximum Gasteiger partial charge on any atom is 0.270 e. The summed E-state index contributed by atoms with van der Waals surface area (Å²) < 4.78 is 0. The molecule has 2 heterocycles. The SMILES string of the molecule is C[C@H](C(=O)NCc1ccc(N(C)C)cc1)C1CCN(C(=O)c2cc3cc(Cl)ccc3[nH]2)CC1. The van der Waals surface area contributed by atoms with Gasteiger partial charge >= 0.3 is 0 Å². The quantitative estimate of drug-likeness (QED) is 0.553. The lowest BCUT2D eigenvalue weighted by Crippen LogP contribution is -2.42. The number of hydrogen-bond donors (Lipinski definition) is 2. The number of benzene rings is 2. The van der Waals surface area contributed by atoms with Gasteiger partial charge in [0.1, 0.15) is 5.69 Å². The van der Waals surface area contributed by atoms with E-state index in [-0.39, 0.29) is 23.7 Å². The predicted molar refractivity (Wildman–Crippen MR) is 134 cm³/mol. The Balaban J connectivity index is 1.28. The van der Waals surface area contributed by atoms with E-state index in [1.54, 1.807) is 0 Å². The molecular formula is C26H31ClN4O2. The molecule has 1 aliphatic heterocycles. The first-order chi connectivity index (χ1) is 15.8. The van der Waals surface area contributed by atoms with E-state index in [9.17, 15) is 9.59 Å². The van der Waals surface area contributed by atoms with Crippen LogP contribution < -0.4 is 10.2 Å². The number of amides is 2. The van der Waals surface area contributed by atoms with Crippen LogP contribution in [0.15, 0.2) is 48.5 Å². The molecule has 2 aromatic carbocycles. The van der Waals surface area contributed by atoms with Crippen molar-refractivity contribution in [2.24, 2.45) is 11.8 Å². The van der Waals surface area contributed by atoms with Gasteiger partial charge in [0.25, 0.3) is 5.91 Å². The number of carbonyl (C=O) groups excluding carboxylic acids is 2. The van der Waals surface area contributed by atoms with Gasteiger partial charge in [0, 0.05) is 61.3 Å². The van der Waals surface area contributed by atoms with Crippen molar-refractivity contribution in [2.75, 3.05) is 32.1 Å². The number of aromatic amines is 1. The summed E-state index contributed by atoms with van der Waals surface area (Å²) in [6.45, 7) is 3.83. The van der Waals surface area contributed by atoms with Crippen LogP contribution >= 0.6 is 11.6 Å². The Morgan fingerprint density at radius 3 is 2.48 bits per heavy atom. The number of piperidine rings is 1. The smallest absolute Gasteiger partial charge is 0.270 e. The van der Waals surface area contributed by atoms with E-state index >= 15 is 0 Å². The number of halogens is 1. The largest absolute Gasteiger partial charge is 0.378 e. The van der Waals surface area contributed by atoms with Crippen LogP contribution in [0.4, 0.5) is 5.69 Å². The predicted octanol–water partition coefficient (Wildman–Crippen LogP) is 4.69. The average Bonchev–Trinajstić information content (AvgIpc) is 3.25. The lowest BCUT2D eigenvalue weighted by molar-refractivity contribution is -0.126. The van der Waals surface area contributed by atoms with Crippen LogP contribution in [-0.4, -0.2) is 48.9 Å². The molecule has 0 spiro atoms. The second kappa shape index (κ2) is 9.87. The van der Waals surface area contributed by atoms with Crippen LogP contribution in [0.25, 0.3) is 10.9 Å². The van der Waals surface area contributed by atoms with Crippen LogP contribution in [0.1, 0.15) is 35.8 Å². The number of H-pyrrole nitrogens is 1. The number of nitrogens with one attached hydrogen (secondary N) is 2. The lowest BCUT2D eigenvalue weighted by Gasteiger charge is -2.34. The molecule has 0 saturated carbocycles. The zero-order valence-electron chi connectivity index (χ0n) is 19.4. The first-order valence-corrected chi connectivity index (χ1v) is 11.8. The molecule has 0 bridgehead atoms. The van der Waals surface area contributed by atoms with Gasteiger partial charge in [0.2, 0.25) is 5.91 Å². The van der Waals surface area contributed by atoms with Crippen LogP contribution in [0.5, 0.6) is 0 Å². The number of likely N-dealkylation sites (tertiary alicyclic amines) is 1. The summed E-state index contributed by atoms with van der Waals surface area (Å²) in [6.07, 6.45) is 1.65. The molecule has 3 aromatic rings. The van der Waals surface area contributed by atoms with Crippen molar-refractivity contribution in [2.45, 2.75) is 26.3 Å². The molecule has 1 aliphatic rings. The van der Waals surface area contributed by atoms with Gasteiger partial charge in [0.15, 0.2) is 0 Å². The average molecular weight is 467 g/mol. The topological polar surface area (TPSA) is 68.4 Å². The van der Waals surface area contributed by atoms with E-state index in [2.05, 4.69) is 27.3 Å². The van der Waals surface area contributed by atoms with Crippen molar-refractivity contribution in [3.63, 3.8) is 0 Å². The van der Waals surface area contributed by atoms with Crippen LogP contribution in [-0.2, 0) is 11.3 Å². The van der Waals surface area contributed by atoms with Gasteiger partial charge in [-0.3, -0.25) is 9.59 Å². The molecule has 0 unspecified atom stereocenters. The highest BCUT2D eigenvalue weighted by atomic mass is 35.5. The molecule has 2 amide bonds. The normalized spacial score (nSPS) is 15.5. The fourth-order valence-electron chi connectivity index (χ4n) is 4.47. The van der Waals surface area contributed by atoms with Crippen LogP contribution in [0.2, 0.25) is 5.02 Å². The third-order valence-corrected chi connectivity index (χ3v) is 6.92. The van der Waals surface area contributed by atoms with Gasteiger partial charge in [-0.05, 0) is 60.7 Å². The Morgan fingerprint density at radius 2 is 1.82 bits per heavy atom. The number of anilines is 1. The first-order valence-electron chi connectivity index (χ1n) is 11.4. The van der Waals surface area contributed by atoms with E-state index in [4.69, 9.17) is 11.6 Å². The minimum absolute atomic E-state index is 0.000881. The zero-order chi connectivity index (χ0) is 23.5. The maximum absolute atomic E-state index is 13.0. The molecule has 1 saturated heterocycles. The van der Waals surface area contributed by atoms with E-state index in [1.165, 1.54) is 0 Å². The Kier molecular flexibility index (Phi) is 6.94. The molecule has 174 valence electrons. The number of fused-ring (bicyclic) bond motifs is 1. The van der Waals surface area contributed by atoms with E-state index in [0.717, 1.165) is 35.0 Å². The summed E-state index contributed by atoms with van der Waals surface area (Å²) in [4.78, 5) is 32.8. The number of hydrogen-bond acceptors (Lipinski definition) is 3. The molecule has 6 nitrogen and oxygen atoms in total. The summed E-state index contributed by atoms with van der Waals surface area (Å²) in [6, 6.07) is 15.6. The van der Waals surface area contributed by atoms with E-state index in [1.807, 2.05) is 62.3 Å². The minimum atomic E-state index is -0.0847. The molecule has 0 radical (unpaired) electrons. The molecule has 0 aliphatic carbocycles. The Morgan fingerprint density at radius 1 is 1.12 bits per heavy atom. The zero-order valence-corrected chi connectivity index (χ0v) is 20.2. The van der Waals surface area contributed by atoms with Crippen molar-refractivity contribution < 1.29 is 9.59 Å². The number of rotatable bonds is 6. The Bertz CT molecular complexity index is 1130. The number of carbonyl (C=O) groups is 2. The summed E-state index contributed by atoms with van der Waals surface area (Å²) in [5.74, 6) is 0.258. The number of nitrogens with zero attached hydrogens (tertiary/aromatic N) is 2. The molecule has 33 heavy (non-hydrogen) atoms. The highest BCUT2D eigenvalue weighted by molar-refractivity contribution is 6.31. The summed E-state index contributed by atoms with van der Waals surface area (Å²) in [7, 11) is 4.01. The molecule has 2 N–H and O–H groups in total. The highest BCUT2D eigenvalue weighted by Gasteiger charge is 2.30. The molecule has 7 heteroatoms. The molecule has 1 fully saturated rings. The highest BCUT2D eigenvalue weighted by Crippen LogP contribution is 2.27. The van der Waals surface area contributed by atoms with Crippen LogP contribution in [0.3, 0.4) is 0 Å². The Labute approximate surface area is 199 Å². The summed E-state index contributed by atoms with van der Waals surface area (Å²) >= 11 is 6.06. The molecular weight excluding hydrogens is 436 g/mol. The van der Waals surface area contributed by atoms with Gasteiger partial charge in [-0.2, -0.15) is 0 Å². The van der Waals surface area contributed by atoms with Crippen molar-refractivity contribution in [3.05, 3.63) is 64.8 Å². The van der Waals surface area contributed by atoms with Gasteiger partial charge in [-0.15, -0.1) is 0 Å². The molecule has 1 atom stereocenters. The second-order valence-corrected chi connectivity index (χ2v) is 9.55. The van der Waals surface area contributed by atoms with Gasteiger partial charge in [0.05, 0.1) is 0 Å². The van der Waals surface area contributed by atoms with Gasteiger partial charge in [-0.1, -0.05) is 30.7 Å². The fraction of sp³-hybridized carbons (Fsp3) is 0.385. The van der Waals surface area contributed by atoms with E-state index in [0.29, 0.717) is 30.4 Å². The first kappa shape index (κ1) is 23.2. The fourth-order valence-corrected chi connectivity index (χ4v) is 4.65. The monoisotopic (exact) mass is 466 g/mol. The van der Waals surface area contributed by atoms with Crippen molar-refractivity contribution >= 4 is 40.0 Å². The third kappa shape index (κ3) is 5.33. The summed E-state index contributed by atoms with van der Waals surface area (Å²) in [5.41, 5.74) is 3.70. The third-order valence-electron chi connectivity index (χ3n) is 6.68. The maximum atomic E-state index is 13.0. The van der Waals surface area contributed by atoms with Gasteiger partial charge in [-0.25, -0.2) is 0 Å². The van der Waals surface area contributed by atoms with Crippen molar-refractivity contribution in [1.29, 1.82) is 0 Å². The number of aromatic nitrogens is 1.